The summed E-state index contributed by atoms with van der Waals surface area (Å²) in [5.74, 6) is 2.05. The molecule has 1 N–H and O–H groups in total. The highest BCUT2D eigenvalue weighted by Crippen LogP contribution is 2.39. The van der Waals surface area contributed by atoms with E-state index in [1.807, 2.05) is 12.1 Å². The van der Waals surface area contributed by atoms with Gasteiger partial charge in [0.15, 0.2) is 11.5 Å². The maximum absolute atomic E-state index is 9.28. The molecule has 0 aliphatic carbocycles. The van der Waals surface area contributed by atoms with Crippen LogP contribution in [-0.2, 0) is 11.9 Å². The Hall–Kier alpha value is -1.88. The molecule has 0 aromatic heterocycles. The molecule has 2 rings (SSSR count). The summed E-state index contributed by atoms with van der Waals surface area (Å²) in [5.41, 5.74) is 1.99. The molecular formula is C16H17BrO4. The van der Waals surface area contributed by atoms with E-state index >= 15 is 0 Å². The zero-order valence-corrected chi connectivity index (χ0v) is 13.5. The van der Waals surface area contributed by atoms with Crippen molar-refractivity contribution in [2.75, 3.05) is 14.2 Å². The van der Waals surface area contributed by atoms with Crippen molar-refractivity contribution < 1.29 is 19.3 Å². The lowest BCUT2D eigenvalue weighted by Gasteiger charge is -2.15. The minimum Gasteiger partial charge on any atom is -0.508 e. The van der Waals surface area contributed by atoms with Crippen LogP contribution in [0.1, 0.15) is 11.1 Å². The molecule has 2 aromatic carbocycles. The number of benzene rings is 2. The van der Waals surface area contributed by atoms with Gasteiger partial charge in [-0.1, -0.05) is 28.1 Å². The van der Waals surface area contributed by atoms with Gasteiger partial charge in [0.05, 0.1) is 14.2 Å². The fraction of sp³-hybridized carbons (Fsp3) is 0.250. The van der Waals surface area contributed by atoms with Gasteiger partial charge in [-0.15, -0.1) is 0 Å². The van der Waals surface area contributed by atoms with Crippen LogP contribution < -0.4 is 14.2 Å². The summed E-state index contributed by atoms with van der Waals surface area (Å²) >= 11 is 3.42. The second-order valence-electron chi connectivity index (χ2n) is 4.42. The SMILES string of the molecule is COc1cc(CBr)cc(OC)c1OCc1ccc(O)cc1. The average Bonchev–Trinajstić information content (AvgIpc) is 2.53. The lowest BCUT2D eigenvalue weighted by atomic mass is 10.2. The van der Waals surface area contributed by atoms with E-state index in [1.165, 1.54) is 0 Å². The number of aromatic hydroxyl groups is 1. The van der Waals surface area contributed by atoms with Crippen molar-refractivity contribution in [1.82, 2.24) is 0 Å². The third-order valence-corrected chi connectivity index (χ3v) is 3.64. The van der Waals surface area contributed by atoms with Crippen molar-refractivity contribution in [2.24, 2.45) is 0 Å². The zero-order valence-electron chi connectivity index (χ0n) is 11.9. The van der Waals surface area contributed by atoms with Crippen molar-refractivity contribution in [3.63, 3.8) is 0 Å². The minimum atomic E-state index is 0.232. The first-order valence-electron chi connectivity index (χ1n) is 6.39. The smallest absolute Gasteiger partial charge is 0.203 e. The summed E-state index contributed by atoms with van der Waals surface area (Å²) in [6.45, 7) is 0.362. The molecule has 0 bridgehead atoms. The van der Waals surface area contributed by atoms with Gasteiger partial charge in [-0.3, -0.25) is 0 Å². The van der Waals surface area contributed by atoms with Gasteiger partial charge in [0.25, 0.3) is 0 Å². The molecule has 2 aromatic rings. The number of phenolic OH excluding ortho intramolecular Hbond substituents is 1. The number of phenols is 1. The molecule has 21 heavy (non-hydrogen) atoms. The Balaban J connectivity index is 2.23. The normalized spacial score (nSPS) is 10.2. The molecule has 5 heteroatoms. The summed E-state index contributed by atoms with van der Waals surface area (Å²) < 4.78 is 16.6. The van der Waals surface area contributed by atoms with E-state index in [4.69, 9.17) is 14.2 Å². The zero-order chi connectivity index (χ0) is 15.2. The van der Waals surface area contributed by atoms with Crippen LogP contribution in [0, 0.1) is 0 Å². The fourth-order valence-corrected chi connectivity index (χ4v) is 2.23. The van der Waals surface area contributed by atoms with Gasteiger partial charge >= 0.3 is 0 Å². The van der Waals surface area contributed by atoms with Crippen molar-refractivity contribution in [1.29, 1.82) is 0 Å². The van der Waals surface area contributed by atoms with Gasteiger partial charge in [-0.2, -0.15) is 0 Å². The lowest BCUT2D eigenvalue weighted by molar-refractivity contribution is 0.265. The average molecular weight is 353 g/mol. The molecule has 4 nitrogen and oxygen atoms in total. The maximum atomic E-state index is 9.28. The molecule has 0 fully saturated rings. The van der Waals surface area contributed by atoms with Crippen LogP contribution in [0.2, 0.25) is 0 Å². The minimum absolute atomic E-state index is 0.232. The van der Waals surface area contributed by atoms with Gasteiger partial charge in [0, 0.05) is 5.33 Å². The van der Waals surface area contributed by atoms with Crippen LogP contribution in [0.25, 0.3) is 0 Å². The Kier molecular flexibility index (Phi) is 5.33. The van der Waals surface area contributed by atoms with Crippen molar-refractivity contribution in [2.45, 2.75) is 11.9 Å². The highest BCUT2D eigenvalue weighted by atomic mass is 79.9. The molecule has 0 unspecified atom stereocenters. The molecule has 0 spiro atoms. The van der Waals surface area contributed by atoms with E-state index in [2.05, 4.69) is 15.9 Å². The summed E-state index contributed by atoms with van der Waals surface area (Å²) in [7, 11) is 3.19. The second-order valence-corrected chi connectivity index (χ2v) is 4.98. The number of hydrogen-bond acceptors (Lipinski definition) is 4. The van der Waals surface area contributed by atoms with Crippen LogP contribution in [-0.4, -0.2) is 19.3 Å². The summed E-state index contributed by atoms with van der Waals surface area (Å²) in [6, 6.07) is 10.7. The molecule has 112 valence electrons. The summed E-state index contributed by atoms with van der Waals surface area (Å²) in [4.78, 5) is 0. The monoisotopic (exact) mass is 352 g/mol. The summed E-state index contributed by atoms with van der Waals surface area (Å²) in [5, 5.41) is 9.99. The summed E-state index contributed by atoms with van der Waals surface area (Å²) in [6.07, 6.45) is 0. The van der Waals surface area contributed by atoms with E-state index in [0.717, 1.165) is 11.1 Å². The van der Waals surface area contributed by atoms with Gasteiger partial charge < -0.3 is 19.3 Å². The molecule has 0 aliphatic heterocycles. The maximum Gasteiger partial charge on any atom is 0.203 e. The fourth-order valence-electron chi connectivity index (χ4n) is 1.90. The Morgan fingerprint density at radius 1 is 0.952 bits per heavy atom. The van der Waals surface area contributed by atoms with Crippen LogP contribution in [0.5, 0.6) is 23.0 Å². The number of hydrogen-bond donors (Lipinski definition) is 1. The topological polar surface area (TPSA) is 47.9 Å². The van der Waals surface area contributed by atoms with Crippen LogP contribution in [0.15, 0.2) is 36.4 Å². The predicted octanol–water partition coefficient (Wildman–Crippen LogP) is 3.88. The largest absolute Gasteiger partial charge is 0.508 e. The first-order chi connectivity index (χ1) is 10.2. The number of alkyl halides is 1. The highest BCUT2D eigenvalue weighted by molar-refractivity contribution is 9.08. The Labute approximate surface area is 132 Å². The molecule has 0 amide bonds. The van der Waals surface area contributed by atoms with E-state index < -0.39 is 0 Å². The molecule has 0 atom stereocenters. The second kappa shape index (κ2) is 7.22. The standard InChI is InChI=1S/C16H17BrO4/c1-19-14-7-12(9-17)8-15(20-2)16(14)21-10-11-3-5-13(18)6-4-11/h3-8,18H,9-10H2,1-2H3. The quantitative estimate of drug-likeness (QED) is 0.801. The molecule has 0 saturated heterocycles. The molecule has 0 aliphatic rings. The Morgan fingerprint density at radius 3 is 2.00 bits per heavy atom. The third kappa shape index (κ3) is 3.82. The van der Waals surface area contributed by atoms with Crippen LogP contribution in [0.3, 0.4) is 0 Å². The van der Waals surface area contributed by atoms with Crippen LogP contribution >= 0.6 is 15.9 Å². The van der Waals surface area contributed by atoms with Gasteiger partial charge in [-0.05, 0) is 35.4 Å². The van der Waals surface area contributed by atoms with Crippen LogP contribution in [0.4, 0.5) is 0 Å². The van der Waals surface area contributed by atoms with Crippen molar-refractivity contribution >= 4 is 15.9 Å². The predicted molar refractivity (Wildman–Crippen MR) is 84.6 cm³/mol. The third-order valence-electron chi connectivity index (χ3n) is 2.99. The number of halogens is 1. The highest BCUT2D eigenvalue weighted by Gasteiger charge is 2.14. The van der Waals surface area contributed by atoms with E-state index in [0.29, 0.717) is 29.2 Å². The van der Waals surface area contributed by atoms with Gasteiger partial charge in [0.1, 0.15) is 12.4 Å². The Morgan fingerprint density at radius 2 is 1.52 bits per heavy atom. The van der Waals surface area contributed by atoms with Gasteiger partial charge in [0.2, 0.25) is 5.75 Å². The lowest BCUT2D eigenvalue weighted by Crippen LogP contribution is -2.01. The van der Waals surface area contributed by atoms with Crippen molar-refractivity contribution in [3.05, 3.63) is 47.5 Å². The van der Waals surface area contributed by atoms with E-state index in [-0.39, 0.29) is 5.75 Å². The molecule has 0 saturated carbocycles. The number of methoxy groups -OCH3 is 2. The number of rotatable bonds is 6. The first-order valence-corrected chi connectivity index (χ1v) is 7.51. The molecular weight excluding hydrogens is 336 g/mol. The van der Waals surface area contributed by atoms with E-state index in [9.17, 15) is 5.11 Å². The van der Waals surface area contributed by atoms with E-state index in [1.54, 1.807) is 38.5 Å². The molecule has 0 heterocycles. The first kappa shape index (κ1) is 15.5. The van der Waals surface area contributed by atoms with Crippen molar-refractivity contribution in [3.8, 4) is 23.0 Å². The molecule has 0 radical (unpaired) electrons. The number of ether oxygens (including phenoxy) is 3. The Bertz CT molecular complexity index is 571. The van der Waals surface area contributed by atoms with Gasteiger partial charge in [-0.25, -0.2) is 0 Å².